The van der Waals surface area contributed by atoms with Crippen LogP contribution in [0.4, 0.5) is 0 Å². The first-order chi connectivity index (χ1) is 10.3. The van der Waals surface area contributed by atoms with E-state index in [2.05, 4.69) is 11.4 Å². The average molecular weight is 302 g/mol. The maximum Gasteiger partial charge on any atom is 0.162 e. The van der Waals surface area contributed by atoms with Crippen LogP contribution in [0.2, 0.25) is 0 Å². The Hall–Kier alpha value is -1.59. The van der Waals surface area contributed by atoms with Gasteiger partial charge < -0.3 is 14.8 Å². The Morgan fingerprint density at radius 2 is 2.10 bits per heavy atom. The molecule has 2 aliphatic rings. The Bertz CT molecular complexity index is 668. The molecule has 1 atom stereocenters. The highest BCUT2D eigenvalue weighted by atomic mass is 32.1. The predicted octanol–water partition coefficient (Wildman–Crippen LogP) is 3.18. The Morgan fingerprint density at radius 1 is 1.24 bits per heavy atom. The molecule has 0 saturated carbocycles. The number of ether oxygens (including phenoxy) is 2. The molecule has 0 spiro atoms. The second kappa shape index (κ2) is 5.31. The van der Waals surface area contributed by atoms with Crippen LogP contribution < -0.4 is 14.8 Å². The van der Waals surface area contributed by atoms with Crippen LogP contribution in [-0.4, -0.2) is 25.2 Å². The van der Waals surface area contributed by atoms with Gasteiger partial charge in [0.1, 0.15) is 18.2 Å². The van der Waals surface area contributed by atoms with Crippen molar-refractivity contribution in [3.8, 4) is 22.1 Å². The molecule has 0 fully saturated rings. The SMILES string of the molecule is CNC1CCCc2nc(-c3ccc4c(c3)OCCO4)sc21. The molecule has 1 aromatic carbocycles. The highest BCUT2D eigenvalue weighted by Gasteiger charge is 2.24. The van der Waals surface area contributed by atoms with Crippen LogP contribution in [0.15, 0.2) is 18.2 Å². The van der Waals surface area contributed by atoms with Crippen molar-refractivity contribution in [3.63, 3.8) is 0 Å². The molecule has 1 aliphatic heterocycles. The van der Waals surface area contributed by atoms with E-state index in [0.717, 1.165) is 28.5 Å². The van der Waals surface area contributed by atoms with E-state index in [1.807, 2.05) is 19.2 Å². The lowest BCUT2D eigenvalue weighted by molar-refractivity contribution is 0.171. The number of rotatable bonds is 2. The van der Waals surface area contributed by atoms with Crippen molar-refractivity contribution < 1.29 is 9.47 Å². The zero-order valence-corrected chi connectivity index (χ0v) is 12.8. The fraction of sp³-hybridized carbons (Fsp3) is 0.438. The monoisotopic (exact) mass is 302 g/mol. The van der Waals surface area contributed by atoms with E-state index in [0.29, 0.717) is 19.3 Å². The molecule has 0 saturated heterocycles. The van der Waals surface area contributed by atoms with Crippen LogP contribution in [0.5, 0.6) is 11.5 Å². The van der Waals surface area contributed by atoms with E-state index in [1.165, 1.54) is 23.4 Å². The molecule has 1 N–H and O–H groups in total. The molecule has 21 heavy (non-hydrogen) atoms. The van der Waals surface area contributed by atoms with E-state index in [9.17, 15) is 0 Å². The summed E-state index contributed by atoms with van der Waals surface area (Å²) in [7, 11) is 2.03. The number of thiazole rings is 1. The summed E-state index contributed by atoms with van der Waals surface area (Å²) in [6.45, 7) is 1.24. The van der Waals surface area contributed by atoms with Crippen LogP contribution in [0.25, 0.3) is 10.6 Å². The number of hydrogen-bond donors (Lipinski definition) is 1. The number of aromatic nitrogens is 1. The van der Waals surface area contributed by atoms with Gasteiger partial charge in [0.25, 0.3) is 0 Å². The van der Waals surface area contributed by atoms with E-state index >= 15 is 0 Å². The highest BCUT2D eigenvalue weighted by molar-refractivity contribution is 7.15. The van der Waals surface area contributed by atoms with Gasteiger partial charge in [-0.3, -0.25) is 0 Å². The minimum Gasteiger partial charge on any atom is -0.486 e. The molecule has 1 aliphatic carbocycles. The van der Waals surface area contributed by atoms with E-state index in [-0.39, 0.29) is 0 Å². The molecule has 4 nitrogen and oxygen atoms in total. The van der Waals surface area contributed by atoms with Crippen LogP contribution >= 0.6 is 11.3 Å². The van der Waals surface area contributed by atoms with Gasteiger partial charge in [0.15, 0.2) is 11.5 Å². The lowest BCUT2D eigenvalue weighted by Gasteiger charge is -2.20. The first-order valence-electron chi connectivity index (χ1n) is 7.42. The Balaban J connectivity index is 1.72. The van der Waals surface area contributed by atoms with Crippen LogP contribution in [0.1, 0.15) is 29.5 Å². The Kier molecular flexibility index (Phi) is 3.31. The number of nitrogens with zero attached hydrogens (tertiary/aromatic N) is 1. The number of aryl methyl sites for hydroxylation is 1. The van der Waals surface area contributed by atoms with Crippen molar-refractivity contribution in [2.75, 3.05) is 20.3 Å². The largest absolute Gasteiger partial charge is 0.486 e. The fourth-order valence-corrected chi connectivity index (χ4v) is 4.25. The van der Waals surface area contributed by atoms with Gasteiger partial charge in [-0.25, -0.2) is 4.98 Å². The van der Waals surface area contributed by atoms with Crippen molar-refractivity contribution >= 4 is 11.3 Å². The van der Waals surface area contributed by atoms with Gasteiger partial charge in [0.05, 0.1) is 5.69 Å². The van der Waals surface area contributed by atoms with E-state index in [1.54, 1.807) is 11.3 Å². The van der Waals surface area contributed by atoms with Gasteiger partial charge in [0.2, 0.25) is 0 Å². The number of fused-ring (bicyclic) bond motifs is 2. The molecule has 2 heterocycles. The van der Waals surface area contributed by atoms with E-state index < -0.39 is 0 Å². The predicted molar refractivity (Wildman–Crippen MR) is 83.3 cm³/mol. The molecule has 4 rings (SSSR count). The van der Waals surface area contributed by atoms with Crippen molar-refractivity contribution in [3.05, 3.63) is 28.8 Å². The minimum atomic E-state index is 0.456. The normalized spacial score (nSPS) is 20.1. The van der Waals surface area contributed by atoms with Crippen LogP contribution in [-0.2, 0) is 6.42 Å². The second-order valence-electron chi connectivity index (χ2n) is 5.42. The van der Waals surface area contributed by atoms with Gasteiger partial charge in [-0.05, 0) is 44.5 Å². The smallest absolute Gasteiger partial charge is 0.162 e. The summed E-state index contributed by atoms with van der Waals surface area (Å²) in [6, 6.07) is 6.57. The summed E-state index contributed by atoms with van der Waals surface area (Å²) in [4.78, 5) is 6.25. The molecular formula is C16H18N2O2S. The quantitative estimate of drug-likeness (QED) is 0.925. The molecule has 1 unspecified atom stereocenters. The van der Waals surface area contributed by atoms with Crippen molar-refractivity contribution in [1.29, 1.82) is 0 Å². The third-order valence-corrected chi connectivity index (χ3v) is 5.35. The minimum absolute atomic E-state index is 0.456. The summed E-state index contributed by atoms with van der Waals surface area (Å²) in [5.41, 5.74) is 2.38. The summed E-state index contributed by atoms with van der Waals surface area (Å²) >= 11 is 1.80. The topological polar surface area (TPSA) is 43.4 Å². The zero-order chi connectivity index (χ0) is 14.2. The molecule has 2 aromatic rings. The first-order valence-corrected chi connectivity index (χ1v) is 8.23. The summed E-state index contributed by atoms with van der Waals surface area (Å²) in [5, 5.41) is 4.48. The molecule has 0 amide bonds. The van der Waals surface area contributed by atoms with Gasteiger partial charge in [-0.2, -0.15) is 0 Å². The molecule has 0 bridgehead atoms. The lowest BCUT2D eigenvalue weighted by Crippen LogP contribution is -2.19. The maximum absolute atomic E-state index is 5.67. The average Bonchev–Trinajstić information content (AvgIpc) is 2.98. The third-order valence-electron chi connectivity index (χ3n) is 4.09. The standard InChI is InChI=1S/C16H18N2O2S/c1-17-11-3-2-4-12-15(11)21-16(18-12)10-5-6-13-14(9-10)20-8-7-19-13/h5-6,9,11,17H,2-4,7-8H2,1H3. The van der Waals surface area contributed by atoms with Gasteiger partial charge in [-0.15, -0.1) is 11.3 Å². The van der Waals surface area contributed by atoms with Crippen molar-refractivity contribution in [2.45, 2.75) is 25.3 Å². The maximum atomic E-state index is 5.67. The van der Waals surface area contributed by atoms with Gasteiger partial charge in [-0.1, -0.05) is 0 Å². The van der Waals surface area contributed by atoms with Gasteiger partial charge in [0, 0.05) is 16.5 Å². The number of benzene rings is 1. The lowest BCUT2D eigenvalue weighted by atomic mass is 9.98. The Morgan fingerprint density at radius 3 is 2.95 bits per heavy atom. The van der Waals surface area contributed by atoms with Crippen LogP contribution in [0, 0.1) is 0 Å². The number of nitrogens with one attached hydrogen (secondary N) is 1. The van der Waals surface area contributed by atoms with Crippen molar-refractivity contribution in [2.24, 2.45) is 0 Å². The Labute approximate surface area is 128 Å². The first kappa shape index (κ1) is 13.1. The summed E-state index contributed by atoms with van der Waals surface area (Å²) in [6.07, 6.45) is 3.50. The van der Waals surface area contributed by atoms with Crippen LogP contribution in [0.3, 0.4) is 0 Å². The summed E-state index contributed by atoms with van der Waals surface area (Å²) < 4.78 is 11.2. The van der Waals surface area contributed by atoms with Gasteiger partial charge >= 0.3 is 0 Å². The molecular weight excluding hydrogens is 284 g/mol. The summed E-state index contributed by atoms with van der Waals surface area (Å²) in [5.74, 6) is 1.66. The zero-order valence-electron chi connectivity index (χ0n) is 12.0. The molecule has 110 valence electrons. The molecule has 5 heteroatoms. The number of hydrogen-bond acceptors (Lipinski definition) is 5. The second-order valence-corrected chi connectivity index (χ2v) is 6.45. The highest BCUT2D eigenvalue weighted by Crippen LogP contribution is 2.40. The van der Waals surface area contributed by atoms with Crippen molar-refractivity contribution in [1.82, 2.24) is 10.3 Å². The third kappa shape index (κ3) is 2.30. The van der Waals surface area contributed by atoms with E-state index in [4.69, 9.17) is 14.5 Å². The molecule has 0 radical (unpaired) electrons. The molecule has 1 aromatic heterocycles. The fourth-order valence-electron chi connectivity index (χ4n) is 2.99.